The van der Waals surface area contributed by atoms with Crippen molar-refractivity contribution in [2.75, 3.05) is 13.6 Å². The summed E-state index contributed by atoms with van der Waals surface area (Å²) in [6.07, 6.45) is 1.45. The number of hydrogen-bond donors (Lipinski definition) is 1. The number of nitrogens with zero attached hydrogens (tertiary/aromatic N) is 1. The molecule has 0 unspecified atom stereocenters. The van der Waals surface area contributed by atoms with E-state index in [0.29, 0.717) is 0 Å². The molecule has 1 aromatic rings. The van der Waals surface area contributed by atoms with E-state index in [1.807, 2.05) is 0 Å². The molecule has 1 aromatic heterocycles. The van der Waals surface area contributed by atoms with E-state index in [-0.39, 0.29) is 12.3 Å². The van der Waals surface area contributed by atoms with Crippen molar-refractivity contribution in [3.05, 3.63) is 23.7 Å². The zero-order valence-electron chi connectivity index (χ0n) is 7.98. The number of carboxylic acid groups (broad SMARTS) is 1. The van der Waals surface area contributed by atoms with Crippen LogP contribution >= 0.6 is 0 Å². The van der Waals surface area contributed by atoms with Gasteiger partial charge in [0.15, 0.2) is 5.76 Å². The fraction of sp³-hybridized carbons (Fsp3) is 0.333. The van der Waals surface area contributed by atoms with Crippen molar-refractivity contribution in [3.8, 4) is 0 Å². The second-order valence-electron chi connectivity index (χ2n) is 3.04. The van der Waals surface area contributed by atoms with E-state index in [2.05, 4.69) is 0 Å². The van der Waals surface area contributed by atoms with Crippen LogP contribution in [0.4, 0.5) is 0 Å². The molecule has 1 amide bonds. The predicted molar refractivity (Wildman–Crippen MR) is 48.0 cm³/mol. The number of likely N-dealkylation sites (N-methyl/N-ethyl adjacent to an activating group) is 1. The van der Waals surface area contributed by atoms with Crippen LogP contribution in [0.3, 0.4) is 0 Å². The number of aryl methyl sites for hydroxylation is 1. The molecule has 0 fully saturated rings. The molecule has 0 saturated carbocycles. The zero-order valence-corrected chi connectivity index (χ0v) is 7.98. The van der Waals surface area contributed by atoms with Crippen LogP contribution in [0.2, 0.25) is 0 Å². The number of furan rings is 1. The van der Waals surface area contributed by atoms with Gasteiger partial charge in [-0.15, -0.1) is 0 Å². The first-order valence-electron chi connectivity index (χ1n) is 4.03. The Morgan fingerprint density at radius 1 is 1.57 bits per heavy atom. The summed E-state index contributed by atoms with van der Waals surface area (Å²) < 4.78 is 4.94. The number of amides is 1. The summed E-state index contributed by atoms with van der Waals surface area (Å²) in [7, 11) is 1.41. The zero-order chi connectivity index (χ0) is 10.7. The molecule has 1 N–H and O–H groups in total. The maximum absolute atomic E-state index is 11.5. The normalized spacial score (nSPS) is 9.86. The van der Waals surface area contributed by atoms with Crippen LogP contribution in [0.15, 0.2) is 16.7 Å². The number of rotatable bonds is 3. The molecular weight excluding hydrogens is 186 g/mol. The highest BCUT2D eigenvalue weighted by Gasteiger charge is 2.16. The first-order valence-corrected chi connectivity index (χ1v) is 4.03. The lowest BCUT2D eigenvalue weighted by molar-refractivity contribution is -0.137. The molecule has 0 bridgehead atoms. The van der Waals surface area contributed by atoms with Gasteiger partial charge < -0.3 is 14.4 Å². The van der Waals surface area contributed by atoms with E-state index in [1.165, 1.54) is 13.3 Å². The van der Waals surface area contributed by atoms with Crippen LogP contribution in [-0.2, 0) is 4.79 Å². The highest BCUT2D eigenvalue weighted by Crippen LogP contribution is 2.08. The molecule has 5 nitrogen and oxygen atoms in total. The molecule has 0 aliphatic heterocycles. The Labute approximate surface area is 80.9 Å². The third-order valence-corrected chi connectivity index (χ3v) is 1.66. The van der Waals surface area contributed by atoms with Gasteiger partial charge in [0.1, 0.15) is 6.54 Å². The maximum Gasteiger partial charge on any atom is 0.323 e. The van der Waals surface area contributed by atoms with Gasteiger partial charge in [0.25, 0.3) is 5.91 Å². The van der Waals surface area contributed by atoms with Crippen LogP contribution in [0.25, 0.3) is 0 Å². The molecule has 0 aliphatic rings. The SMILES string of the molecule is Cc1coc(C(=O)N(C)CC(=O)O)c1. The van der Waals surface area contributed by atoms with Crippen molar-refractivity contribution in [3.63, 3.8) is 0 Å². The average molecular weight is 197 g/mol. The molecule has 1 rings (SSSR count). The molecule has 0 spiro atoms. The number of hydrogen-bond acceptors (Lipinski definition) is 3. The Kier molecular flexibility index (Phi) is 2.91. The minimum absolute atomic E-state index is 0.159. The van der Waals surface area contributed by atoms with E-state index >= 15 is 0 Å². The van der Waals surface area contributed by atoms with Crippen LogP contribution in [-0.4, -0.2) is 35.5 Å². The summed E-state index contributed by atoms with van der Waals surface area (Å²) in [4.78, 5) is 22.9. The van der Waals surface area contributed by atoms with E-state index in [1.54, 1.807) is 13.0 Å². The first kappa shape index (κ1) is 10.3. The van der Waals surface area contributed by atoms with Crippen molar-refractivity contribution in [2.45, 2.75) is 6.92 Å². The van der Waals surface area contributed by atoms with Gasteiger partial charge >= 0.3 is 5.97 Å². The van der Waals surface area contributed by atoms with Gasteiger partial charge in [-0.1, -0.05) is 0 Å². The Balaban J connectivity index is 2.70. The van der Waals surface area contributed by atoms with Gasteiger partial charge in [0, 0.05) is 7.05 Å². The first-order chi connectivity index (χ1) is 6.50. The number of carboxylic acids is 1. The Hall–Kier alpha value is -1.78. The highest BCUT2D eigenvalue weighted by molar-refractivity contribution is 5.93. The highest BCUT2D eigenvalue weighted by atomic mass is 16.4. The van der Waals surface area contributed by atoms with Gasteiger partial charge in [-0.3, -0.25) is 9.59 Å². The summed E-state index contributed by atoms with van der Waals surface area (Å²) in [5.74, 6) is -1.32. The minimum atomic E-state index is -1.05. The molecule has 0 aliphatic carbocycles. The van der Waals surface area contributed by atoms with Crippen LogP contribution < -0.4 is 0 Å². The lowest BCUT2D eigenvalue weighted by Crippen LogP contribution is -2.31. The fourth-order valence-electron chi connectivity index (χ4n) is 1.01. The van der Waals surface area contributed by atoms with Crippen LogP contribution in [0.5, 0.6) is 0 Å². The summed E-state index contributed by atoms with van der Waals surface area (Å²) in [6, 6.07) is 1.57. The number of aliphatic carboxylic acids is 1. The standard InChI is InChI=1S/C9H11NO4/c1-6-3-7(14-5-6)9(13)10(2)4-8(11)12/h3,5H,4H2,1-2H3,(H,11,12). The van der Waals surface area contributed by atoms with E-state index < -0.39 is 11.9 Å². The van der Waals surface area contributed by atoms with Gasteiger partial charge in [0.05, 0.1) is 6.26 Å². The lowest BCUT2D eigenvalue weighted by atomic mass is 10.3. The Morgan fingerprint density at radius 2 is 2.21 bits per heavy atom. The van der Waals surface area contributed by atoms with Gasteiger partial charge in [-0.25, -0.2) is 0 Å². The summed E-state index contributed by atoms with van der Waals surface area (Å²) in [5.41, 5.74) is 0.831. The fourth-order valence-corrected chi connectivity index (χ4v) is 1.01. The largest absolute Gasteiger partial charge is 0.480 e. The van der Waals surface area contributed by atoms with Gasteiger partial charge in [0.2, 0.25) is 0 Å². The van der Waals surface area contributed by atoms with E-state index in [4.69, 9.17) is 9.52 Å². The second kappa shape index (κ2) is 3.95. The topological polar surface area (TPSA) is 70.8 Å². The monoisotopic (exact) mass is 197 g/mol. The van der Waals surface area contributed by atoms with Crippen molar-refractivity contribution < 1.29 is 19.1 Å². The number of carbonyl (C=O) groups excluding carboxylic acids is 1. The molecule has 1 heterocycles. The molecule has 5 heteroatoms. The van der Waals surface area contributed by atoms with Gasteiger partial charge in [-0.05, 0) is 18.6 Å². The molecule has 14 heavy (non-hydrogen) atoms. The molecule has 0 aromatic carbocycles. The Morgan fingerprint density at radius 3 is 2.64 bits per heavy atom. The van der Waals surface area contributed by atoms with Crippen LogP contribution in [0, 0.1) is 6.92 Å². The van der Waals surface area contributed by atoms with Crippen molar-refractivity contribution in [1.82, 2.24) is 4.90 Å². The summed E-state index contributed by atoms with van der Waals surface area (Å²) >= 11 is 0. The number of carbonyl (C=O) groups is 2. The molecule has 0 radical (unpaired) electrons. The maximum atomic E-state index is 11.5. The van der Waals surface area contributed by atoms with Crippen molar-refractivity contribution in [2.24, 2.45) is 0 Å². The Bertz CT molecular complexity index is 355. The third kappa shape index (κ3) is 2.35. The van der Waals surface area contributed by atoms with Gasteiger partial charge in [-0.2, -0.15) is 0 Å². The summed E-state index contributed by atoms with van der Waals surface area (Å²) in [6.45, 7) is 1.45. The lowest BCUT2D eigenvalue weighted by Gasteiger charge is -2.11. The second-order valence-corrected chi connectivity index (χ2v) is 3.04. The van der Waals surface area contributed by atoms with Crippen molar-refractivity contribution in [1.29, 1.82) is 0 Å². The smallest absolute Gasteiger partial charge is 0.323 e. The van der Waals surface area contributed by atoms with E-state index in [9.17, 15) is 9.59 Å². The molecular formula is C9H11NO4. The molecule has 76 valence electrons. The minimum Gasteiger partial charge on any atom is -0.480 e. The average Bonchev–Trinajstić information content (AvgIpc) is 2.49. The van der Waals surface area contributed by atoms with Crippen LogP contribution in [0.1, 0.15) is 16.1 Å². The van der Waals surface area contributed by atoms with Crippen molar-refractivity contribution >= 4 is 11.9 Å². The summed E-state index contributed by atoms with van der Waals surface area (Å²) in [5, 5.41) is 8.46. The predicted octanol–water partition coefficient (Wildman–Crippen LogP) is 0.745. The van der Waals surface area contributed by atoms with E-state index in [0.717, 1.165) is 10.5 Å². The third-order valence-electron chi connectivity index (χ3n) is 1.66. The molecule has 0 saturated heterocycles. The quantitative estimate of drug-likeness (QED) is 0.775. The molecule has 0 atom stereocenters.